The summed E-state index contributed by atoms with van der Waals surface area (Å²) in [7, 11) is 1.94. The molecule has 112 valence electrons. The highest BCUT2D eigenvalue weighted by atomic mass is 15.4. The molecule has 0 bridgehead atoms. The second-order valence-corrected chi connectivity index (χ2v) is 7.13. The molecule has 3 rings (SSSR count). The molecule has 1 aromatic heterocycles. The van der Waals surface area contributed by atoms with Crippen LogP contribution in [-0.2, 0) is 13.6 Å². The van der Waals surface area contributed by atoms with E-state index >= 15 is 0 Å². The normalized spacial score (nSPS) is 31.9. The van der Waals surface area contributed by atoms with Gasteiger partial charge in [0.2, 0.25) is 0 Å². The van der Waals surface area contributed by atoms with Crippen LogP contribution in [0.1, 0.15) is 39.3 Å². The molecule has 2 atom stereocenters. The molecule has 1 saturated heterocycles. The first-order valence-electron chi connectivity index (χ1n) is 7.82. The summed E-state index contributed by atoms with van der Waals surface area (Å²) < 4.78 is 1.80. The summed E-state index contributed by atoms with van der Waals surface area (Å²) in [5.41, 5.74) is 1.37. The van der Waals surface area contributed by atoms with E-state index in [1.165, 1.54) is 12.8 Å². The fraction of sp³-hybridized carbons (Fsp3) is 0.867. The molecule has 0 radical (unpaired) electrons. The molecule has 1 aliphatic heterocycles. The van der Waals surface area contributed by atoms with E-state index in [-0.39, 0.29) is 5.54 Å². The maximum absolute atomic E-state index is 4.28. The van der Waals surface area contributed by atoms with Crippen molar-refractivity contribution >= 4 is 0 Å². The molecule has 2 fully saturated rings. The molecule has 2 aliphatic rings. The summed E-state index contributed by atoms with van der Waals surface area (Å²) in [6.45, 7) is 10.2. The summed E-state index contributed by atoms with van der Waals surface area (Å²) in [6, 6.07) is 0.582. The van der Waals surface area contributed by atoms with Crippen LogP contribution in [0.5, 0.6) is 0 Å². The summed E-state index contributed by atoms with van der Waals surface area (Å²) >= 11 is 0. The summed E-state index contributed by atoms with van der Waals surface area (Å²) in [5.74, 6) is 1.52. The zero-order valence-electron chi connectivity index (χ0n) is 13.1. The van der Waals surface area contributed by atoms with Gasteiger partial charge in [0.05, 0.1) is 5.69 Å². The number of hydrogen-bond donors (Lipinski definition) is 1. The van der Waals surface area contributed by atoms with Crippen molar-refractivity contribution in [3.05, 3.63) is 11.9 Å². The maximum Gasteiger partial charge on any atom is 0.0967 e. The predicted octanol–water partition coefficient (Wildman–Crippen LogP) is 1.41. The zero-order valence-corrected chi connectivity index (χ0v) is 13.1. The van der Waals surface area contributed by atoms with E-state index < -0.39 is 0 Å². The highest BCUT2D eigenvalue weighted by Crippen LogP contribution is 2.44. The first-order valence-corrected chi connectivity index (χ1v) is 7.82. The number of nitrogens with one attached hydrogen (secondary N) is 1. The summed E-state index contributed by atoms with van der Waals surface area (Å²) in [4.78, 5) is 2.65. The molecule has 0 amide bonds. The minimum absolute atomic E-state index is 0.281. The highest BCUT2D eigenvalue weighted by Gasteiger charge is 2.48. The lowest BCUT2D eigenvalue weighted by atomic mass is 9.87. The topological polar surface area (TPSA) is 46.0 Å². The van der Waals surface area contributed by atoms with Gasteiger partial charge in [0.15, 0.2) is 0 Å². The monoisotopic (exact) mass is 277 g/mol. The molecule has 1 N–H and O–H groups in total. The number of aryl methyl sites for hydroxylation is 1. The van der Waals surface area contributed by atoms with Crippen LogP contribution in [0.4, 0.5) is 0 Å². The minimum Gasteiger partial charge on any atom is -0.311 e. The van der Waals surface area contributed by atoms with Crippen LogP contribution in [0.25, 0.3) is 0 Å². The Morgan fingerprint density at radius 3 is 2.75 bits per heavy atom. The van der Waals surface area contributed by atoms with Crippen molar-refractivity contribution in [2.24, 2.45) is 18.9 Å². The van der Waals surface area contributed by atoms with Crippen LogP contribution in [0.3, 0.4) is 0 Å². The van der Waals surface area contributed by atoms with E-state index in [1.54, 1.807) is 4.68 Å². The van der Waals surface area contributed by atoms with Crippen LogP contribution >= 0.6 is 0 Å². The van der Waals surface area contributed by atoms with Crippen molar-refractivity contribution in [2.45, 2.75) is 51.7 Å². The van der Waals surface area contributed by atoms with Crippen molar-refractivity contribution in [2.75, 3.05) is 13.1 Å². The molecule has 2 heterocycles. The van der Waals surface area contributed by atoms with E-state index in [4.69, 9.17) is 0 Å². The van der Waals surface area contributed by atoms with Crippen molar-refractivity contribution in [1.29, 1.82) is 0 Å². The van der Waals surface area contributed by atoms with Crippen LogP contribution in [0, 0.1) is 11.8 Å². The van der Waals surface area contributed by atoms with Crippen molar-refractivity contribution in [1.82, 2.24) is 25.2 Å². The number of aromatic nitrogens is 3. The Bertz CT molecular complexity index is 465. The number of piperazine rings is 1. The van der Waals surface area contributed by atoms with E-state index in [2.05, 4.69) is 41.3 Å². The predicted molar refractivity (Wildman–Crippen MR) is 79.2 cm³/mol. The lowest BCUT2D eigenvalue weighted by Crippen LogP contribution is -2.65. The molecule has 1 saturated carbocycles. The third-order valence-corrected chi connectivity index (χ3v) is 5.13. The molecule has 20 heavy (non-hydrogen) atoms. The molecule has 0 spiro atoms. The Hall–Kier alpha value is -0.940. The molecule has 0 aromatic carbocycles. The molecule has 1 aliphatic carbocycles. The zero-order chi connectivity index (χ0) is 14.3. The number of nitrogens with zero attached hydrogens (tertiary/aromatic N) is 4. The van der Waals surface area contributed by atoms with Crippen molar-refractivity contribution in [3.8, 4) is 0 Å². The van der Waals surface area contributed by atoms with Crippen LogP contribution in [-0.4, -0.2) is 44.6 Å². The van der Waals surface area contributed by atoms with E-state index in [9.17, 15) is 0 Å². The second kappa shape index (κ2) is 5.11. The van der Waals surface area contributed by atoms with E-state index in [0.29, 0.717) is 12.0 Å². The van der Waals surface area contributed by atoms with Gasteiger partial charge in [-0.3, -0.25) is 9.58 Å². The Balaban J connectivity index is 1.77. The Kier molecular flexibility index (Phi) is 3.58. The Labute approximate surface area is 121 Å². The average Bonchev–Trinajstić information content (AvgIpc) is 3.17. The van der Waals surface area contributed by atoms with Gasteiger partial charge in [-0.1, -0.05) is 19.1 Å². The lowest BCUT2D eigenvalue weighted by molar-refractivity contribution is 0.0177. The third kappa shape index (κ3) is 2.61. The van der Waals surface area contributed by atoms with E-state index in [1.807, 2.05) is 13.2 Å². The van der Waals surface area contributed by atoms with Gasteiger partial charge in [0.25, 0.3) is 0 Å². The molecule has 2 unspecified atom stereocenters. The molecular formula is C15H27N5. The van der Waals surface area contributed by atoms with Gasteiger partial charge in [0.1, 0.15) is 0 Å². The lowest BCUT2D eigenvalue weighted by Gasteiger charge is -2.49. The van der Waals surface area contributed by atoms with Gasteiger partial charge >= 0.3 is 0 Å². The smallest absolute Gasteiger partial charge is 0.0967 e. The van der Waals surface area contributed by atoms with Gasteiger partial charge in [0, 0.05) is 44.5 Å². The van der Waals surface area contributed by atoms with E-state index in [0.717, 1.165) is 31.2 Å². The highest BCUT2D eigenvalue weighted by molar-refractivity contribution is 5.07. The van der Waals surface area contributed by atoms with Gasteiger partial charge in [-0.05, 0) is 31.6 Å². The number of rotatable bonds is 4. The fourth-order valence-electron chi connectivity index (χ4n) is 3.42. The third-order valence-electron chi connectivity index (χ3n) is 5.13. The van der Waals surface area contributed by atoms with Crippen molar-refractivity contribution < 1.29 is 0 Å². The quantitative estimate of drug-likeness (QED) is 0.904. The minimum atomic E-state index is 0.281. The second-order valence-electron chi connectivity index (χ2n) is 7.13. The Morgan fingerprint density at radius 1 is 1.45 bits per heavy atom. The summed E-state index contributed by atoms with van der Waals surface area (Å²) in [5, 5.41) is 12.1. The molecule has 5 heteroatoms. The van der Waals surface area contributed by atoms with Gasteiger partial charge in [-0.15, -0.1) is 5.10 Å². The van der Waals surface area contributed by atoms with Crippen LogP contribution in [0.15, 0.2) is 6.20 Å². The average molecular weight is 277 g/mol. The fourth-order valence-corrected chi connectivity index (χ4v) is 3.42. The standard InChI is InChI=1S/C15H27N5/c1-11(2)14-9-20(8-13-7-19(4)18-17-13)15(3,10-16-14)12-5-6-12/h7,11-12,14,16H,5-6,8-10H2,1-4H3. The van der Waals surface area contributed by atoms with Gasteiger partial charge in [-0.2, -0.15) is 0 Å². The van der Waals surface area contributed by atoms with Crippen LogP contribution < -0.4 is 5.32 Å². The first kappa shape index (κ1) is 14.0. The molecule has 5 nitrogen and oxygen atoms in total. The van der Waals surface area contributed by atoms with Crippen LogP contribution in [0.2, 0.25) is 0 Å². The largest absolute Gasteiger partial charge is 0.311 e. The SMILES string of the molecule is CC(C)C1CN(Cc2cn(C)nn2)C(C)(C2CC2)CN1. The first-order chi connectivity index (χ1) is 9.49. The van der Waals surface area contributed by atoms with Gasteiger partial charge in [-0.25, -0.2) is 0 Å². The van der Waals surface area contributed by atoms with Gasteiger partial charge < -0.3 is 5.32 Å². The maximum atomic E-state index is 4.28. The summed E-state index contributed by atoms with van der Waals surface area (Å²) in [6.07, 6.45) is 4.79. The number of hydrogen-bond acceptors (Lipinski definition) is 4. The van der Waals surface area contributed by atoms with Crippen molar-refractivity contribution in [3.63, 3.8) is 0 Å². The Morgan fingerprint density at radius 2 is 2.20 bits per heavy atom. The molecular weight excluding hydrogens is 250 g/mol. The molecule has 1 aromatic rings.